The first-order valence-corrected chi connectivity index (χ1v) is 10.1. The molecule has 0 unspecified atom stereocenters. The Bertz CT molecular complexity index is 921. The molecule has 0 aliphatic carbocycles. The molecule has 140 valence electrons. The molecule has 0 aliphatic heterocycles. The summed E-state index contributed by atoms with van der Waals surface area (Å²) in [7, 11) is 0. The van der Waals surface area contributed by atoms with Gasteiger partial charge in [0.25, 0.3) is 5.91 Å². The molecule has 27 heavy (non-hydrogen) atoms. The minimum Gasteiger partial charge on any atom is -0.481 e. The second-order valence-electron chi connectivity index (χ2n) is 5.49. The molecular weight excluding hydrogens is 409 g/mol. The highest BCUT2D eigenvalue weighted by molar-refractivity contribution is 8.00. The highest BCUT2D eigenvalue weighted by Gasteiger charge is 2.17. The Kier molecular flexibility index (Phi) is 6.65. The monoisotopic (exact) mass is 423 g/mol. The van der Waals surface area contributed by atoms with Crippen LogP contribution in [0.4, 0.5) is 9.52 Å². The van der Waals surface area contributed by atoms with Crippen LogP contribution in [-0.2, 0) is 10.5 Å². The van der Waals surface area contributed by atoms with Crippen molar-refractivity contribution in [2.24, 2.45) is 0 Å². The van der Waals surface area contributed by atoms with Crippen LogP contribution in [0.3, 0.4) is 0 Å². The predicted molar refractivity (Wildman–Crippen MR) is 106 cm³/mol. The Labute approximate surface area is 168 Å². The molecule has 1 N–H and O–H groups in total. The highest BCUT2D eigenvalue weighted by atomic mass is 35.5. The zero-order valence-corrected chi connectivity index (χ0v) is 16.6. The van der Waals surface area contributed by atoms with Crippen molar-refractivity contribution >= 4 is 45.7 Å². The number of anilines is 1. The van der Waals surface area contributed by atoms with Gasteiger partial charge < -0.3 is 4.74 Å². The van der Waals surface area contributed by atoms with Crippen molar-refractivity contribution in [3.63, 3.8) is 0 Å². The number of carbonyl (C=O) groups is 1. The van der Waals surface area contributed by atoms with Gasteiger partial charge in [-0.1, -0.05) is 52.9 Å². The number of hydrogen-bond donors (Lipinski definition) is 1. The van der Waals surface area contributed by atoms with Crippen molar-refractivity contribution in [1.82, 2.24) is 10.2 Å². The average molecular weight is 424 g/mol. The highest BCUT2D eigenvalue weighted by Crippen LogP contribution is 2.28. The summed E-state index contributed by atoms with van der Waals surface area (Å²) in [6, 6.07) is 13.1. The van der Waals surface area contributed by atoms with E-state index in [9.17, 15) is 9.18 Å². The van der Waals surface area contributed by atoms with E-state index in [0.29, 0.717) is 26.0 Å². The molecule has 9 heteroatoms. The topological polar surface area (TPSA) is 64.1 Å². The Morgan fingerprint density at radius 1 is 1.30 bits per heavy atom. The first-order valence-electron chi connectivity index (χ1n) is 7.93. The fraction of sp³-hybridized carbons (Fsp3) is 0.167. The minimum atomic E-state index is -0.720. The smallest absolute Gasteiger partial charge is 0.266 e. The van der Waals surface area contributed by atoms with Gasteiger partial charge >= 0.3 is 0 Å². The molecule has 0 aliphatic rings. The normalized spacial score (nSPS) is 11.8. The van der Waals surface area contributed by atoms with Gasteiger partial charge in [-0.05, 0) is 42.8 Å². The SMILES string of the molecule is C[C@@H](Oc1cccc(Cl)c1)C(=O)Nc1nnc(SCc2ccc(F)cc2)s1. The molecule has 0 saturated heterocycles. The standard InChI is InChI=1S/C18H15ClFN3O2S2/c1-11(25-15-4-2-3-13(19)9-15)16(24)21-17-22-23-18(27-17)26-10-12-5-7-14(20)8-6-12/h2-9,11H,10H2,1H3,(H,21,22,24)/t11-/m1/s1. The van der Waals surface area contributed by atoms with Gasteiger partial charge in [0.1, 0.15) is 11.6 Å². The lowest BCUT2D eigenvalue weighted by molar-refractivity contribution is -0.122. The maximum absolute atomic E-state index is 12.9. The molecule has 0 spiro atoms. The fourth-order valence-corrected chi connectivity index (χ4v) is 3.94. The Morgan fingerprint density at radius 3 is 2.81 bits per heavy atom. The fourth-order valence-electron chi connectivity index (χ4n) is 2.05. The van der Waals surface area contributed by atoms with Crippen molar-refractivity contribution in [3.8, 4) is 5.75 Å². The Hall–Kier alpha value is -2.16. The number of halogens is 2. The van der Waals surface area contributed by atoms with Gasteiger partial charge in [0, 0.05) is 10.8 Å². The third-order valence-corrected chi connectivity index (χ3v) is 5.67. The van der Waals surface area contributed by atoms with E-state index < -0.39 is 6.10 Å². The van der Waals surface area contributed by atoms with Crippen molar-refractivity contribution in [1.29, 1.82) is 0 Å². The molecule has 0 fully saturated rings. The van der Waals surface area contributed by atoms with Gasteiger partial charge in [0.05, 0.1) is 0 Å². The van der Waals surface area contributed by atoms with E-state index in [4.69, 9.17) is 16.3 Å². The van der Waals surface area contributed by atoms with Gasteiger partial charge in [0.15, 0.2) is 10.4 Å². The number of nitrogens with zero attached hydrogens (tertiary/aromatic N) is 2. The molecule has 2 aromatic carbocycles. The van der Waals surface area contributed by atoms with Gasteiger partial charge in [-0.15, -0.1) is 10.2 Å². The minimum absolute atomic E-state index is 0.265. The van der Waals surface area contributed by atoms with E-state index in [1.807, 2.05) is 0 Å². The van der Waals surface area contributed by atoms with Crippen molar-refractivity contribution in [3.05, 3.63) is 64.9 Å². The van der Waals surface area contributed by atoms with Crippen molar-refractivity contribution < 1.29 is 13.9 Å². The number of carbonyl (C=O) groups excluding carboxylic acids is 1. The summed E-state index contributed by atoms with van der Waals surface area (Å²) in [5.41, 5.74) is 0.978. The lowest BCUT2D eigenvalue weighted by Crippen LogP contribution is -2.30. The molecule has 3 aromatic rings. The number of hydrogen-bond acceptors (Lipinski definition) is 6. The second kappa shape index (κ2) is 9.16. The number of thioether (sulfide) groups is 1. The summed E-state index contributed by atoms with van der Waals surface area (Å²) in [5, 5.41) is 11.6. The predicted octanol–water partition coefficient (Wildman–Crippen LogP) is 5.03. The summed E-state index contributed by atoms with van der Waals surface area (Å²) in [4.78, 5) is 12.2. The van der Waals surface area contributed by atoms with Gasteiger partial charge in [-0.25, -0.2) is 4.39 Å². The van der Waals surface area contributed by atoms with Crippen LogP contribution in [0.1, 0.15) is 12.5 Å². The van der Waals surface area contributed by atoms with E-state index in [0.717, 1.165) is 5.56 Å². The molecule has 0 bridgehead atoms. The lowest BCUT2D eigenvalue weighted by Gasteiger charge is -2.13. The van der Waals surface area contributed by atoms with E-state index in [1.54, 1.807) is 43.3 Å². The van der Waals surface area contributed by atoms with Gasteiger partial charge in [0.2, 0.25) is 5.13 Å². The van der Waals surface area contributed by atoms with Crippen molar-refractivity contribution in [2.75, 3.05) is 5.32 Å². The van der Waals surface area contributed by atoms with Crippen LogP contribution in [0.2, 0.25) is 5.02 Å². The second-order valence-corrected chi connectivity index (χ2v) is 8.13. The van der Waals surface area contributed by atoms with Gasteiger partial charge in [-0.2, -0.15) is 0 Å². The number of nitrogens with one attached hydrogen (secondary N) is 1. The van der Waals surface area contributed by atoms with E-state index >= 15 is 0 Å². The van der Waals surface area contributed by atoms with E-state index in [2.05, 4.69) is 15.5 Å². The van der Waals surface area contributed by atoms with Crippen LogP contribution in [0, 0.1) is 5.82 Å². The first-order chi connectivity index (χ1) is 13.0. The zero-order valence-electron chi connectivity index (χ0n) is 14.2. The van der Waals surface area contributed by atoms with Crippen LogP contribution in [0.5, 0.6) is 5.75 Å². The molecule has 0 radical (unpaired) electrons. The van der Waals surface area contributed by atoms with E-state index in [-0.39, 0.29) is 11.7 Å². The zero-order chi connectivity index (χ0) is 19.2. The Balaban J connectivity index is 1.51. The van der Waals surface area contributed by atoms with Crippen LogP contribution in [-0.4, -0.2) is 22.2 Å². The van der Waals surface area contributed by atoms with Crippen LogP contribution < -0.4 is 10.1 Å². The molecule has 0 saturated carbocycles. The van der Waals surface area contributed by atoms with E-state index in [1.165, 1.54) is 35.2 Å². The lowest BCUT2D eigenvalue weighted by atomic mass is 10.2. The number of aromatic nitrogens is 2. The van der Waals surface area contributed by atoms with Crippen LogP contribution in [0.15, 0.2) is 52.9 Å². The number of ether oxygens (including phenoxy) is 1. The molecule has 1 atom stereocenters. The third kappa shape index (κ3) is 5.92. The summed E-state index contributed by atoms with van der Waals surface area (Å²) < 4.78 is 19.2. The molecule has 1 aromatic heterocycles. The quantitative estimate of drug-likeness (QED) is 0.426. The average Bonchev–Trinajstić information content (AvgIpc) is 3.08. The third-order valence-electron chi connectivity index (χ3n) is 3.39. The summed E-state index contributed by atoms with van der Waals surface area (Å²) in [5.74, 6) is 0.551. The molecule has 1 heterocycles. The maximum Gasteiger partial charge on any atom is 0.266 e. The largest absolute Gasteiger partial charge is 0.481 e. The number of benzene rings is 2. The maximum atomic E-state index is 12.9. The van der Waals surface area contributed by atoms with Crippen LogP contribution in [0.25, 0.3) is 0 Å². The van der Waals surface area contributed by atoms with Crippen molar-refractivity contribution in [2.45, 2.75) is 23.1 Å². The molecule has 1 amide bonds. The molecular formula is C18H15ClFN3O2S2. The molecule has 3 rings (SSSR count). The molecule has 5 nitrogen and oxygen atoms in total. The number of rotatable bonds is 7. The number of amides is 1. The Morgan fingerprint density at radius 2 is 2.07 bits per heavy atom. The van der Waals surface area contributed by atoms with Crippen LogP contribution >= 0.6 is 34.7 Å². The summed E-state index contributed by atoms with van der Waals surface area (Å²) >= 11 is 8.64. The first kappa shape index (κ1) is 19.6. The van der Waals surface area contributed by atoms with Gasteiger partial charge in [-0.3, -0.25) is 10.1 Å². The summed E-state index contributed by atoms with van der Waals surface area (Å²) in [6.07, 6.45) is -0.720. The summed E-state index contributed by atoms with van der Waals surface area (Å²) in [6.45, 7) is 1.64.